The molecule has 142 valence electrons. The maximum absolute atomic E-state index is 12.4. The molecular formula is C19H20ClN3O4. The Kier molecular flexibility index (Phi) is 6.13. The van der Waals surface area contributed by atoms with Crippen LogP contribution in [0.4, 0.5) is 0 Å². The van der Waals surface area contributed by atoms with Crippen LogP contribution in [0, 0.1) is 0 Å². The van der Waals surface area contributed by atoms with Crippen LogP contribution in [-0.4, -0.2) is 48.3 Å². The molecule has 8 heteroatoms. The molecule has 3 rings (SSSR count). The number of rotatable bonds is 6. The lowest BCUT2D eigenvalue weighted by Gasteiger charge is -2.23. The second kappa shape index (κ2) is 8.73. The second-order valence-corrected chi connectivity index (χ2v) is 6.62. The first-order valence-corrected chi connectivity index (χ1v) is 9.10. The van der Waals surface area contributed by atoms with E-state index >= 15 is 0 Å². The number of halogens is 1. The monoisotopic (exact) mass is 389 g/mol. The lowest BCUT2D eigenvalue weighted by molar-refractivity contribution is -0.124. The average molecular weight is 390 g/mol. The lowest BCUT2D eigenvalue weighted by Crippen LogP contribution is -2.47. The average Bonchev–Trinajstić information content (AvgIpc) is 3.36. The third-order valence-corrected chi connectivity index (χ3v) is 4.62. The summed E-state index contributed by atoms with van der Waals surface area (Å²) in [4.78, 5) is 38.4. The normalized spacial score (nSPS) is 16.2. The minimum atomic E-state index is -0.519. The first-order valence-electron chi connectivity index (χ1n) is 8.72. The van der Waals surface area contributed by atoms with Crippen LogP contribution in [0.2, 0.25) is 5.02 Å². The number of amides is 3. The molecule has 1 aliphatic rings. The van der Waals surface area contributed by atoms with Crippen molar-refractivity contribution in [3.63, 3.8) is 0 Å². The molecule has 0 radical (unpaired) electrons. The summed E-state index contributed by atoms with van der Waals surface area (Å²) in [5.74, 6) is -0.525. The fraction of sp³-hybridized carbons (Fsp3) is 0.316. The predicted molar refractivity (Wildman–Crippen MR) is 99.6 cm³/mol. The van der Waals surface area contributed by atoms with E-state index in [1.54, 1.807) is 36.4 Å². The number of benzene rings is 1. The van der Waals surface area contributed by atoms with Crippen LogP contribution in [0.15, 0.2) is 47.1 Å². The van der Waals surface area contributed by atoms with E-state index < -0.39 is 6.04 Å². The molecule has 0 aliphatic carbocycles. The topological polar surface area (TPSA) is 91.7 Å². The number of nitrogens with one attached hydrogen (secondary N) is 2. The van der Waals surface area contributed by atoms with Gasteiger partial charge in [0.25, 0.3) is 11.8 Å². The van der Waals surface area contributed by atoms with Crippen LogP contribution in [-0.2, 0) is 4.79 Å². The fourth-order valence-corrected chi connectivity index (χ4v) is 3.13. The summed E-state index contributed by atoms with van der Waals surface area (Å²) in [5, 5.41) is 6.06. The number of likely N-dealkylation sites (tertiary alicyclic amines) is 1. The van der Waals surface area contributed by atoms with E-state index in [1.165, 1.54) is 11.2 Å². The number of hydrogen-bond acceptors (Lipinski definition) is 4. The van der Waals surface area contributed by atoms with Crippen LogP contribution in [0.25, 0.3) is 0 Å². The third-order valence-electron chi connectivity index (χ3n) is 4.36. The van der Waals surface area contributed by atoms with Crippen molar-refractivity contribution in [1.82, 2.24) is 15.5 Å². The van der Waals surface area contributed by atoms with Gasteiger partial charge in [-0.2, -0.15) is 0 Å². The van der Waals surface area contributed by atoms with Crippen molar-refractivity contribution < 1.29 is 18.8 Å². The molecule has 1 aliphatic heterocycles. The number of nitrogens with zero attached hydrogens (tertiary/aromatic N) is 1. The van der Waals surface area contributed by atoms with Gasteiger partial charge in [-0.1, -0.05) is 11.6 Å². The molecule has 1 saturated heterocycles. The van der Waals surface area contributed by atoms with Gasteiger partial charge in [-0.3, -0.25) is 14.4 Å². The highest BCUT2D eigenvalue weighted by molar-refractivity contribution is 6.30. The molecule has 3 amide bonds. The minimum absolute atomic E-state index is 0.227. The van der Waals surface area contributed by atoms with Crippen molar-refractivity contribution in [2.24, 2.45) is 0 Å². The Morgan fingerprint density at radius 1 is 1.11 bits per heavy atom. The minimum Gasteiger partial charge on any atom is -0.459 e. The molecule has 1 aromatic carbocycles. The number of carbonyl (C=O) groups excluding carboxylic acids is 3. The molecule has 1 fully saturated rings. The van der Waals surface area contributed by atoms with Crippen molar-refractivity contribution in [1.29, 1.82) is 0 Å². The molecule has 0 spiro atoms. The maximum atomic E-state index is 12.4. The quantitative estimate of drug-likeness (QED) is 0.740. The van der Waals surface area contributed by atoms with Gasteiger partial charge in [0.2, 0.25) is 5.91 Å². The number of carbonyl (C=O) groups is 3. The SMILES string of the molecule is O=C(NCCNC(=O)C1CCCN1C(=O)c1ccco1)c1ccc(Cl)cc1. The summed E-state index contributed by atoms with van der Waals surface area (Å²) in [6, 6.07) is 9.25. The van der Waals surface area contributed by atoms with E-state index in [0.29, 0.717) is 23.6 Å². The Labute approximate surface area is 161 Å². The molecule has 27 heavy (non-hydrogen) atoms. The van der Waals surface area contributed by atoms with Crippen LogP contribution in [0.1, 0.15) is 33.8 Å². The first kappa shape index (κ1) is 19.0. The maximum Gasteiger partial charge on any atom is 0.290 e. The van der Waals surface area contributed by atoms with Gasteiger partial charge in [0.05, 0.1) is 6.26 Å². The highest BCUT2D eigenvalue weighted by Crippen LogP contribution is 2.20. The van der Waals surface area contributed by atoms with Gasteiger partial charge in [-0.05, 0) is 49.2 Å². The Balaban J connectivity index is 1.45. The molecule has 7 nitrogen and oxygen atoms in total. The van der Waals surface area contributed by atoms with Crippen molar-refractivity contribution in [3.8, 4) is 0 Å². The van der Waals surface area contributed by atoms with Gasteiger partial charge in [-0.15, -0.1) is 0 Å². The standard InChI is InChI=1S/C19H20ClN3O4/c20-14-7-5-13(6-8-14)17(24)21-9-10-22-18(25)15-3-1-11-23(15)19(26)16-4-2-12-27-16/h2,4-8,12,15H,1,3,9-11H2,(H,21,24)(H,22,25). The number of furan rings is 1. The summed E-state index contributed by atoms with van der Waals surface area (Å²) < 4.78 is 5.13. The van der Waals surface area contributed by atoms with Gasteiger partial charge < -0.3 is 20.0 Å². The van der Waals surface area contributed by atoms with E-state index in [-0.39, 0.29) is 36.6 Å². The second-order valence-electron chi connectivity index (χ2n) is 6.19. The predicted octanol–water partition coefficient (Wildman–Crippen LogP) is 2.08. The van der Waals surface area contributed by atoms with E-state index in [4.69, 9.17) is 16.0 Å². The van der Waals surface area contributed by atoms with E-state index in [1.807, 2.05) is 0 Å². The Bertz CT molecular complexity index is 805. The zero-order valence-electron chi connectivity index (χ0n) is 14.6. The van der Waals surface area contributed by atoms with Gasteiger partial charge in [0, 0.05) is 30.2 Å². The summed E-state index contributed by atoms with van der Waals surface area (Å²) in [7, 11) is 0. The van der Waals surface area contributed by atoms with Crippen LogP contribution >= 0.6 is 11.6 Å². The summed E-state index contributed by atoms with van der Waals surface area (Å²) in [6.45, 7) is 1.08. The lowest BCUT2D eigenvalue weighted by atomic mass is 10.2. The highest BCUT2D eigenvalue weighted by atomic mass is 35.5. The molecule has 2 heterocycles. The number of hydrogen-bond donors (Lipinski definition) is 2. The van der Waals surface area contributed by atoms with Crippen molar-refractivity contribution in [2.75, 3.05) is 19.6 Å². The van der Waals surface area contributed by atoms with Crippen LogP contribution in [0.5, 0.6) is 0 Å². The van der Waals surface area contributed by atoms with Crippen molar-refractivity contribution in [3.05, 3.63) is 59.0 Å². The molecule has 2 aromatic rings. The summed E-state index contributed by atoms with van der Waals surface area (Å²) in [6.07, 6.45) is 2.80. The van der Waals surface area contributed by atoms with Gasteiger partial charge >= 0.3 is 0 Å². The molecule has 1 aromatic heterocycles. The fourth-order valence-electron chi connectivity index (χ4n) is 3.01. The van der Waals surface area contributed by atoms with Gasteiger partial charge in [0.1, 0.15) is 6.04 Å². The van der Waals surface area contributed by atoms with Crippen molar-refractivity contribution in [2.45, 2.75) is 18.9 Å². The summed E-state index contributed by atoms with van der Waals surface area (Å²) >= 11 is 5.79. The molecule has 1 atom stereocenters. The van der Waals surface area contributed by atoms with Gasteiger partial charge in [-0.25, -0.2) is 0 Å². The van der Waals surface area contributed by atoms with Gasteiger partial charge in [0.15, 0.2) is 5.76 Å². The van der Waals surface area contributed by atoms with E-state index in [2.05, 4.69) is 10.6 Å². The third kappa shape index (κ3) is 4.68. The van der Waals surface area contributed by atoms with Crippen LogP contribution in [0.3, 0.4) is 0 Å². The Hall–Kier alpha value is -2.80. The molecule has 0 bridgehead atoms. The highest BCUT2D eigenvalue weighted by Gasteiger charge is 2.35. The van der Waals surface area contributed by atoms with Crippen LogP contribution < -0.4 is 10.6 Å². The van der Waals surface area contributed by atoms with E-state index in [0.717, 1.165) is 6.42 Å². The largest absolute Gasteiger partial charge is 0.459 e. The Morgan fingerprint density at radius 3 is 2.56 bits per heavy atom. The molecule has 1 unspecified atom stereocenters. The summed E-state index contributed by atoms with van der Waals surface area (Å²) in [5.41, 5.74) is 0.497. The Morgan fingerprint density at radius 2 is 1.85 bits per heavy atom. The molecular weight excluding hydrogens is 370 g/mol. The van der Waals surface area contributed by atoms with Crippen molar-refractivity contribution >= 4 is 29.3 Å². The molecule has 0 saturated carbocycles. The zero-order valence-corrected chi connectivity index (χ0v) is 15.4. The zero-order chi connectivity index (χ0) is 19.2. The first-order chi connectivity index (χ1) is 13.1. The van der Waals surface area contributed by atoms with E-state index in [9.17, 15) is 14.4 Å². The smallest absolute Gasteiger partial charge is 0.290 e. The molecule has 2 N–H and O–H groups in total.